The normalized spacial score (nSPS) is 11.8. The number of halogens is 3. The van der Waals surface area contributed by atoms with Crippen LogP contribution in [0.5, 0.6) is 0 Å². The molecule has 0 saturated carbocycles. The third-order valence-electron chi connectivity index (χ3n) is 4.88. The van der Waals surface area contributed by atoms with Gasteiger partial charge in [-0.25, -0.2) is 9.97 Å². The maximum atomic E-state index is 12.8. The third kappa shape index (κ3) is 4.18. The highest BCUT2D eigenvalue weighted by Gasteiger charge is 2.30. The molecule has 0 radical (unpaired) electrons. The van der Waals surface area contributed by atoms with Crippen LogP contribution in [0.4, 0.5) is 19.0 Å². The summed E-state index contributed by atoms with van der Waals surface area (Å²) in [4.78, 5) is 21.0. The van der Waals surface area contributed by atoms with Crippen LogP contribution in [0.3, 0.4) is 0 Å². The minimum atomic E-state index is -4.48. The van der Waals surface area contributed by atoms with Gasteiger partial charge < -0.3 is 15.6 Å². The number of benzene rings is 1. The first-order chi connectivity index (χ1) is 13.6. The summed E-state index contributed by atoms with van der Waals surface area (Å²) in [6, 6.07) is 4.38. The Balaban J connectivity index is 1.67. The Morgan fingerprint density at radius 3 is 2.62 bits per heavy atom. The summed E-state index contributed by atoms with van der Waals surface area (Å²) < 4.78 is 40.4. The molecule has 9 heteroatoms. The number of hydrogen-bond donors (Lipinski definition) is 2. The van der Waals surface area contributed by atoms with Crippen LogP contribution >= 0.6 is 0 Å². The van der Waals surface area contributed by atoms with Crippen molar-refractivity contribution in [1.82, 2.24) is 19.9 Å². The van der Waals surface area contributed by atoms with Crippen molar-refractivity contribution in [2.75, 3.05) is 12.3 Å². The van der Waals surface area contributed by atoms with Gasteiger partial charge >= 0.3 is 6.18 Å². The van der Waals surface area contributed by atoms with Crippen molar-refractivity contribution in [3.63, 3.8) is 0 Å². The first-order valence-electron chi connectivity index (χ1n) is 9.14. The molecule has 154 valence electrons. The molecule has 29 heavy (non-hydrogen) atoms. The maximum Gasteiger partial charge on any atom is 0.416 e. The number of nitrogens with two attached hydrogens (primary N) is 1. The van der Waals surface area contributed by atoms with E-state index >= 15 is 0 Å². The van der Waals surface area contributed by atoms with E-state index in [1.54, 1.807) is 0 Å². The lowest BCUT2D eigenvalue weighted by Gasteiger charge is -2.12. The number of imidazole rings is 1. The third-order valence-corrected chi connectivity index (χ3v) is 4.88. The van der Waals surface area contributed by atoms with E-state index in [-0.39, 0.29) is 5.56 Å². The summed E-state index contributed by atoms with van der Waals surface area (Å²) in [7, 11) is 0. The van der Waals surface area contributed by atoms with Crippen LogP contribution < -0.4 is 11.1 Å². The minimum Gasteiger partial charge on any atom is -0.382 e. The Kier molecular flexibility index (Phi) is 5.50. The molecule has 0 fully saturated rings. The second kappa shape index (κ2) is 7.73. The van der Waals surface area contributed by atoms with E-state index in [4.69, 9.17) is 5.73 Å². The molecule has 1 aromatic carbocycles. The van der Waals surface area contributed by atoms with E-state index in [1.807, 2.05) is 25.3 Å². The highest BCUT2D eigenvalue weighted by Crippen LogP contribution is 2.29. The molecule has 0 unspecified atom stereocenters. The predicted octanol–water partition coefficient (Wildman–Crippen LogP) is 3.78. The molecule has 0 atom stereocenters. The van der Waals surface area contributed by atoms with Crippen LogP contribution in [0.15, 0.2) is 24.3 Å². The van der Waals surface area contributed by atoms with E-state index in [2.05, 4.69) is 15.3 Å². The number of carbonyl (C=O) groups excluding carboxylic acids is 1. The molecule has 2 aromatic heterocycles. The van der Waals surface area contributed by atoms with E-state index in [9.17, 15) is 18.0 Å². The molecule has 0 bridgehead atoms. The quantitative estimate of drug-likeness (QED) is 0.633. The largest absolute Gasteiger partial charge is 0.416 e. The van der Waals surface area contributed by atoms with Gasteiger partial charge in [0.2, 0.25) is 0 Å². The zero-order valence-electron chi connectivity index (χ0n) is 16.4. The van der Waals surface area contributed by atoms with Crippen LogP contribution in [-0.4, -0.2) is 27.0 Å². The second-order valence-electron chi connectivity index (χ2n) is 6.90. The lowest BCUT2D eigenvalue weighted by Crippen LogP contribution is -2.25. The average molecular weight is 405 g/mol. The summed E-state index contributed by atoms with van der Waals surface area (Å²) in [6.07, 6.45) is -3.90. The Hall–Kier alpha value is -3.10. The molecule has 3 rings (SSSR count). The van der Waals surface area contributed by atoms with Gasteiger partial charge in [-0.05, 0) is 51.0 Å². The number of carbonyl (C=O) groups is 1. The molecule has 0 saturated heterocycles. The monoisotopic (exact) mass is 405 g/mol. The van der Waals surface area contributed by atoms with Gasteiger partial charge in [-0.3, -0.25) is 4.79 Å². The summed E-state index contributed by atoms with van der Waals surface area (Å²) >= 11 is 0. The second-order valence-corrected chi connectivity index (χ2v) is 6.90. The number of nitrogens with one attached hydrogen (secondary N) is 1. The lowest BCUT2D eigenvalue weighted by molar-refractivity contribution is -0.137. The molecule has 2 heterocycles. The number of pyridine rings is 1. The fraction of sp³-hybridized carbons (Fsp3) is 0.350. The average Bonchev–Trinajstić information content (AvgIpc) is 2.99. The van der Waals surface area contributed by atoms with Gasteiger partial charge in [-0.1, -0.05) is 6.07 Å². The van der Waals surface area contributed by atoms with Crippen LogP contribution in [-0.2, 0) is 12.7 Å². The SMILES string of the molecule is Cc1nc(N)c2nc(C)n(CCCNC(=O)c3cccc(C(F)(F)F)c3)c2c1C. The number of rotatable bonds is 5. The van der Waals surface area contributed by atoms with Gasteiger partial charge in [0.25, 0.3) is 5.91 Å². The van der Waals surface area contributed by atoms with E-state index in [0.717, 1.165) is 34.7 Å². The number of nitrogen functional groups attached to an aromatic ring is 1. The molecule has 3 aromatic rings. The maximum absolute atomic E-state index is 12.8. The molecular formula is C20H22F3N5O. The van der Waals surface area contributed by atoms with E-state index < -0.39 is 17.6 Å². The van der Waals surface area contributed by atoms with Crippen LogP contribution in [0.25, 0.3) is 11.0 Å². The lowest BCUT2D eigenvalue weighted by atomic mass is 10.1. The number of aryl methyl sites for hydroxylation is 4. The molecule has 0 aliphatic rings. The van der Waals surface area contributed by atoms with E-state index in [0.29, 0.717) is 30.8 Å². The van der Waals surface area contributed by atoms with Crippen molar-refractivity contribution in [3.05, 3.63) is 52.5 Å². The van der Waals surface area contributed by atoms with Crippen molar-refractivity contribution in [2.45, 2.75) is 39.9 Å². The van der Waals surface area contributed by atoms with Crippen LogP contribution in [0.2, 0.25) is 0 Å². The van der Waals surface area contributed by atoms with Gasteiger partial charge in [0.15, 0.2) is 5.82 Å². The number of alkyl halides is 3. The van der Waals surface area contributed by atoms with Crippen molar-refractivity contribution in [2.24, 2.45) is 0 Å². The van der Waals surface area contributed by atoms with Crippen molar-refractivity contribution in [1.29, 1.82) is 0 Å². The summed E-state index contributed by atoms with van der Waals surface area (Å²) in [6.45, 7) is 6.60. The Bertz CT molecular complexity index is 1070. The minimum absolute atomic E-state index is 0.0191. The fourth-order valence-corrected chi connectivity index (χ4v) is 3.26. The molecular weight excluding hydrogens is 383 g/mol. The highest BCUT2D eigenvalue weighted by atomic mass is 19.4. The summed E-state index contributed by atoms with van der Waals surface area (Å²) in [5, 5.41) is 2.67. The predicted molar refractivity (Wildman–Crippen MR) is 105 cm³/mol. The fourth-order valence-electron chi connectivity index (χ4n) is 3.26. The van der Waals surface area contributed by atoms with Crippen LogP contribution in [0, 0.1) is 20.8 Å². The smallest absolute Gasteiger partial charge is 0.382 e. The number of amides is 1. The van der Waals surface area contributed by atoms with Gasteiger partial charge in [0, 0.05) is 24.3 Å². The molecule has 1 amide bonds. The van der Waals surface area contributed by atoms with Crippen molar-refractivity contribution < 1.29 is 18.0 Å². The molecule has 0 aliphatic heterocycles. The Morgan fingerprint density at radius 2 is 1.93 bits per heavy atom. The number of nitrogens with zero attached hydrogens (tertiary/aromatic N) is 3. The van der Waals surface area contributed by atoms with Gasteiger partial charge in [0.1, 0.15) is 11.3 Å². The highest BCUT2D eigenvalue weighted by molar-refractivity contribution is 5.94. The van der Waals surface area contributed by atoms with Gasteiger partial charge in [0.05, 0.1) is 11.1 Å². The summed E-state index contributed by atoms with van der Waals surface area (Å²) in [5.41, 5.74) is 8.50. The van der Waals surface area contributed by atoms with Crippen molar-refractivity contribution >= 4 is 22.8 Å². The van der Waals surface area contributed by atoms with Crippen LogP contribution in [0.1, 0.15) is 39.4 Å². The number of anilines is 1. The Labute approximate surface area is 165 Å². The topological polar surface area (TPSA) is 85.8 Å². The molecule has 3 N–H and O–H groups in total. The molecule has 0 aliphatic carbocycles. The number of fused-ring (bicyclic) bond motifs is 1. The Morgan fingerprint density at radius 1 is 1.21 bits per heavy atom. The first kappa shape index (κ1) is 20.6. The zero-order chi connectivity index (χ0) is 21.3. The standard InChI is InChI=1S/C20H22F3N5O/c1-11-12(2)26-18(24)16-17(11)28(13(3)27-16)9-5-8-25-19(29)14-6-4-7-15(10-14)20(21,22)23/h4,6-7,10H,5,8-9H2,1-3H3,(H2,24,26)(H,25,29). The zero-order valence-corrected chi connectivity index (χ0v) is 16.4. The van der Waals surface area contributed by atoms with Gasteiger partial charge in [-0.2, -0.15) is 13.2 Å². The number of hydrogen-bond acceptors (Lipinski definition) is 4. The first-order valence-corrected chi connectivity index (χ1v) is 9.14. The van der Waals surface area contributed by atoms with Crippen molar-refractivity contribution in [3.8, 4) is 0 Å². The number of aromatic nitrogens is 3. The molecule has 6 nitrogen and oxygen atoms in total. The molecule has 0 spiro atoms. The van der Waals surface area contributed by atoms with E-state index in [1.165, 1.54) is 12.1 Å². The van der Waals surface area contributed by atoms with Gasteiger partial charge in [-0.15, -0.1) is 0 Å². The summed E-state index contributed by atoms with van der Waals surface area (Å²) in [5.74, 6) is 0.623.